The first-order valence-electron chi connectivity index (χ1n) is 5.27. The van der Waals surface area contributed by atoms with Crippen LogP contribution in [-0.2, 0) is 28.7 Å². The number of hydrogen-bond donors (Lipinski definition) is 0. The number of rotatable bonds is 4. The second-order valence-corrected chi connectivity index (χ2v) is 4.21. The maximum atomic E-state index is 11.6. The van der Waals surface area contributed by atoms with E-state index in [-0.39, 0.29) is 12.2 Å². The average Bonchev–Trinajstić information content (AvgIpc) is 2.13. The molecular weight excluding hydrogens is 228 g/mol. The van der Waals surface area contributed by atoms with Crippen LogP contribution >= 0.6 is 0 Å². The molecule has 0 spiro atoms. The van der Waals surface area contributed by atoms with Gasteiger partial charge in [0.1, 0.15) is 5.78 Å². The Balaban J connectivity index is 2.78. The summed E-state index contributed by atoms with van der Waals surface area (Å²) >= 11 is 0. The van der Waals surface area contributed by atoms with Crippen molar-refractivity contribution in [3.05, 3.63) is 0 Å². The van der Waals surface area contributed by atoms with Crippen LogP contribution in [0.4, 0.5) is 0 Å². The molecule has 1 rings (SSSR count). The molecule has 1 aliphatic heterocycles. The third-order valence-electron chi connectivity index (χ3n) is 2.25. The zero-order valence-electron chi connectivity index (χ0n) is 9.94. The quantitative estimate of drug-likeness (QED) is 0.523. The topological polar surface area (TPSA) is 86.7 Å². The van der Waals surface area contributed by atoms with Crippen LogP contribution in [0.2, 0.25) is 0 Å². The maximum Gasteiger partial charge on any atom is 0.331 e. The SMILES string of the molecule is CCC(=O)CC(=O)C1C(=O)OC(C)(C)OC1=O. The second-order valence-electron chi connectivity index (χ2n) is 4.21. The maximum absolute atomic E-state index is 11.6. The molecule has 0 N–H and O–H groups in total. The summed E-state index contributed by atoms with van der Waals surface area (Å²) in [6, 6.07) is 0. The largest absolute Gasteiger partial charge is 0.422 e. The third kappa shape index (κ3) is 3.12. The fourth-order valence-electron chi connectivity index (χ4n) is 1.40. The molecule has 0 aromatic rings. The van der Waals surface area contributed by atoms with Gasteiger partial charge in [-0.15, -0.1) is 0 Å². The predicted octanol–water partition coefficient (Wildman–Crippen LogP) is 0.377. The van der Waals surface area contributed by atoms with Crippen LogP contribution in [0.3, 0.4) is 0 Å². The van der Waals surface area contributed by atoms with Gasteiger partial charge in [0.2, 0.25) is 5.92 Å². The average molecular weight is 242 g/mol. The van der Waals surface area contributed by atoms with E-state index in [0.717, 1.165) is 0 Å². The van der Waals surface area contributed by atoms with Gasteiger partial charge in [0, 0.05) is 20.3 Å². The van der Waals surface area contributed by atoms with Gasteiger partial charge in [0.25, 0.3) is 5.79 Å². The summed E-state index contributed by atoms with van der Waals surface area (Å²) in [7, 11) is 0. The summed E-state index contributed by atoms with van der Waals surface area (Å²) in [6.07, 6.45) is -0.278. The van der Waals surface area contributed by atoms with Crippen molar-refractivity contribution in [1.82, 2.24) is 0 Å². The lowest BCUT2D eigenvalue weighted by Gasteiger charge is -2.32. The van der Waals surface area contributed by atoms with Crippen LogP contribution in [0.5, 0.6) is 0 Å². The fraction of sp³-hybridized carbons (Fsp3) is 0.636. The molecule has 0 aliphatic carbocycles. The summed E-state index contributed by atoms with van der Waals surface area (Å²) in [4.78, 5) is 45.6. The Kier molecular flexibility index (Phi) is 3.65. The normalized spacial score (nSPS) is 19.5. The molecule has 1 heterocycles. The number of carbonyl (C=O) groups is 4. The molecule has 0 aromatic heterocycles. The van der Waals surface area contributed by atoms with Crippen LogP contribution in [0.15, 0.2) is 0 Å². The highest BCUT2D eigenvalue weighted by Crippen LogP contribution is 2.24. The van der Waals surface area contributed by atoms with Crippen LogP contribution in [0.1, 0.15) is 33.6 Å². The molecule has 6 heteroatoms. The summed E-state index contributed by atoms with van der Waals surface area (Å²) in [5.41, 5.74) is 0. The van der Waals surface area contributed by atoms with Gasteiger partial charge in [-0.1, -0.05) is 6.92 Å². The molecule has 1 saturated heterocycles. The van der Waals surface area contributed by atoms with Crippen molar-refractivity contribution in [2.45, 2.75) is 39.4 Å². The molecule has 0 atom stereocenters. The minimum absolute atomic E-state index is 0.175. The lowest BCUT2D eigenvalue weighted by Crippen LogP contribution is -2.49. The molecule has 17 heavy (non-hydrogen) atoms. The Hall–Kier alpha value is -1.72. The first-order chi connectivity index (χ1) is 7.76. The molecule has 0 saturated carbocycles. The van der Waals surface area contributed by atoms with Gasteiger partial charge >= 0.3 is 11.9 Å². The summed E-state index contributed by atoms with van der Waals surface area (Å²) < 4.78 is 9.56. The van der Waals surface area contributed by atoms with E-state index in [4.69, 9.17) is 9.47 Å². The Bertz CT molecular complexity index is 361. The molecular formula is C11H14O6. The molecule has 1 aliphatic rings. The van der Waals surface area contributed by atoms with E-state index >= 15 is 0 Å². The number of cyclic esters (lactones) is 2. The van der Waals surface area contributed by atoms with E-state index in [1.54, 1.807) is 6.92 Å². The van der Waals surface area contributed by atoms with Gasteiger partial charge in [-0.05, 0) is 0 Å². The highest BCUT2D eigenvalue weighted by atomic mass is 16.7. The molecule has 0 unspecified atom stereocenters. The van der Waals surface area contributed by atoms with E-state index in [1.807, 2.05) is 0 Å². The smallest absolute Gasteiger partial charge is 0.331 e. The summed E-state index contributed by atoms with van der Waals surface area (Å²) in [5.74, 6) is -6.01. The van der Waals surface area contributed by atoms with Gasteiger partial charge in [-0.3, -0.25) is 19.2 Å². The highest BCUT2D eigenvalue weighted by molar-refractivity contribution is 6.19. The van der Waals surface area contributed by atoms with Crippen molar-refractivity contribution in [2.24, 2.45) is 5.92 Å². The van der Waals surface area contributed by atoms with Crippen molar-refractivity contribution in [3.63, 3.8) is 0 Å². The van der Waals surface area contributed by atoms with E-state index in [1.165, 1.54) is 13.8 Å². The van der Waals surface area contributed by atoms with E-state index in [9.17, 15) is 19.2 Å². The van der Waals surface area contributed by atoms with E-state index in [2.05, 4.69) is 0 Å². The zero-order valence-corrected chi connectivity index (χ0v) is 9.94. The number of Topliss-reactive ketones (excluding diaryl/α,β-unsaturated/α-hetero) is 2. The first-order valence-corrected chi connectivity index (χ1v) is 5.27. The molecule has 0 radical (unpaired) electrons. The number of hydrogen-bond acceptors (Lipinski definition) is 6. The van der Waals surface area contributed by atoms with Gasteiger partial charge < -0.3 is 9.47 Å². The monoisotopic (exact) mass is 242 g/mol. The zero-order chi connectivity index (χ0) is 13.2. The summed E-state index contributed by atoms with van der Waals surface area (Å²) in [5, 5.41) is 0. The van der Waals surface area contributed by atoms with Gasteiger partial charge in [0.05, 0.1) is 6.42 Å². The minimum Gasteiger partial charge on any atom is -0.422 e. The molecule has 94 valence electrons. The number of esters is 2. The second kappa shape index (κ2) is 4.65. The molecule has 6 nitrogen and oxygen atoms in total. The Labute approximate surface area is 98.3 Å². The highest BCUT2D eigenvalue weighted by Gasteiger charge is 2.47. The lowest BCUT2D eigenvalue weighted by molar-refractivity contribution is -0.238. The first kappa shape index (κ1) is 13.3. The Morgan fingerprint density at radius 1 is 1.18 bits per heavy atom. The molecule has 1 fully saturated rings. The minimum atomic E-state index is -1.63. The van der Waals surface area contributed by atoms with Gasteiger partial charge in [-0.25, -0.2) is 0 Å². The number of carbonyl (C=O) groups excluding carboxylic acids is 4. The Morgan fingerprint density at radius 2 is 1.65 bits per heavy atom. The van der Waals surface area contributed by atoms with Crippen LogP contribution < -0.4 is 0 Å². The van der Waals surface area contributed by atoms with Crippen molar-refractivity contribution in [3.8, 4) is 0 Å². The lowest BCUT2D eigenvalue weighted by atomic mass is 9.98. The van der Waals surface area contributed by atoms with Crippen molar-refractivity contribution < 1.29 is 28.7 Å². The number of ketones is 2. The van der Waals surface area contributed by atoms with Crippen LogP contribution in [-0.4, -0.2) is 29.3 Å². The standard InChI is InChI=1S/C11H14O6/c1-4-6(12)5-7(13)8-9(14)16-11(2,3)17-10(8)15/h8H,4-5H2,1-3H3. The van der Waals surface area contributed by atoms with E-state index < -0.39 is 35.8 Å². The van der Waals surface area contributed by atoms with Crippen LogP contribution in [0, 0.1) is 5.92 Å². The Morgan fingerprint density at radius 3 is 2.06 bits per heavy atom. The van der Waals surface area contributed by atoms with Gasteiger partial charge in [-0.2, -0.15) is 0 Å². The van der Waals surface area contributed by atoms with Crippen LogP contribution in [0.25, 0.3) is 0 Å². The number of ether oxygens (including phenoxy) is 2. The molecule has 0 amide bonds. The van der Waals surface area contributed by atoms with Crippen molar-refractivity contribution >= 4 is 23.5 Å². The van der Waals surface area contributed by atoms with Crippen molar-refractivity contribution in [2.75, 3.05) is 0 Å². The van der Waals surface area contributed by atoms with Gasteiger partial charge in [0.15, 0.2) is 5.78 Å². The third-order valence-corrected chi connectivity index (χ3v) is 2.25. The van der Waals surface area contributed by atoms with E-state index in [0.29, 0.717) is 0 Å². The molecule has 0 bridgehead atoms. The predicted molar refractivity (Wildman–Crippen MR) is 54.7 cm³/mol. The van der Waals surface area contributed by atoms with Crippen molar-refractivity contribution in [1.29, 1.82) is 0 Å². The fourth-order valence-corrected chi connectivity index (χ4v) is 1.40. The summed E-state index contributed by atoms with van der Waals surface area (Å²) in [6.45, 7) is 4.37. The molecule has 0 aromatic carbocycles.